The molecule has 0 unspecified atom stereocenters. The van der Waals surface area contributed by atoms with E-state index in [4.69, 9.17) is 21.1 Å². The second kappa shape index (κ2) is 7.79. The molecule has 1 heterocycles. The SMILES string of the molecule is COc1ccc(C)cc1C(=O)O[C@H](C)C(=O)Nc1cccnc1Cl. The number of halogens is 1. The highest BCUT2D eigenvalue weighted by Gasteiger charge is 2.22. The first-order chi connectivity index (χ1) is 11.4. The number of amides is 1. The average Bonchev–Trinajstić information content (AvgIpc) is 2.56. The molecule has 0 aliphatic rings. The van der Waals surface area contributed by atoms with E-state index in [9.17, 15) is 9.59 Å². The number of esters is 1. The minimum Gasteiger partial charge on any atom is -0.496 e. The molecule has 1 atom stereocenters. The molecule has 0 saturated heterocycles. The van der Waals surface area contributed by atoms with E-state index in [-0.39, 0.29) is 10.7 Å². The zero-order valence-corrected chi connectivity index (χ0v) is 14.3. The van der Waals surface area contributed by atoms with Gasteiger partial charge in [0.15, 0.2) is 11.3 Å². The topological polar surface area (TPSA) is 77.5 Å². The monoisotopic (exact) mass is 348 g/mol. The van der Waals surface area contributed by atoms with Crippen molar-refractivity contribution < 1.29 is 19.1 Å². The number of methoxy groups -OCH3 is 1. The quantitative estimate of drug-likeness (QED) is 0.663. The molecule has 7 heteroatoms. The van der Waals surface area contributed by atoms with Crippen LogP contribution in [-0.4, -0.2) is 30.1 Å². The summed E-state index contributed by atoms with van der Waals surface area (Å²) in [7, 11) is 1.46. The molecule has 126 valence electrons. The fourth-order valence-electron chi connectivity index (χ4n) is 1.97. The van der Waals surface area contributed by atoms with Crippen molar-refractivity contribution in [1.29, 1.82) is 0 Å². The summed E-state index contributed by atoms with van der Waals surface area (Å²) >= 11 is 5.88. The highest BCUT2D eigenvalue weighted by atomic mass is 35.5. The van der Waals surface area contributed by atoms with Crippen LogP contribution < -0.4 is 10.1 Å². The number of anilines is 1. The predicted octanol–water partition coefficient (Wildman–Crippen LogP) is 3.24. The van der Waals surface area contributed by atoms with Crippen molar-refractivity contribution in [3.8, 4) is 5.75 Å². The van der Waals surface area contributed by atoms with Gasteiger partial charge in [0.1, 0.15) is 11.3 Å². The lowest BCUT2D eigenvalue weighted by Crippen LogP contribution is -2.30. The summed E-state index contributed by atoms with van der Waals surface area (Å²) in [6.07, 6.45) is 0.491. The maximum absolute atomic E-state index is 12.3. The number of rotatable bonds is 5. The van der Waals surface area contributed by atoms with Crippen LogP contribution in [0.5, 0.6) is 5.75 Å². The molecule has 0 aliphatic carbocycles. The third-order valence-electron chi connectivity index (χ3n) is 3.24. The third-order valence-corrected chi connectivity index (χ3v) is 3.55. The highest BCUT2D eigenvalue weighted by Crippen LogP contribution is 2.22. The number of aryl methyl sites for hydroxylation is 1. The number of hydrogen-bond acceptors (Lipinski definition) is 5. The first-order valence-corrected chi connectivity index (χ1v) is 7.57. The summed E-state index contributed by atoms with van der Waals surface area (Å²) in [6.45, 7) is 3.32. The normalized spacial score (nSPS) is 11.5. The van der Waals surface area contributed by atoms with Gasteiger partial charge in [-0.3, -0.25) is 4.79 Å². The summed E-state index contributed by atoms with van der Waals surface area (Å²) in [5.74, 6) is -0.770. The Balaban J connectivity index is 2.07. The van der Waals surface area contributed by atoms with Crippen LogP contribution in [0.4, 0.5) is 5.69 Å². The van der Waals surface area contributed by atoms with Gasteiger partial charge < -0.3 is 14.8 Å². The zero-order chi connectivity index (χ0) is 17.7. The number of carbonyl (C=O) groups excluding carboxylic acids is 2. The molecule has 0 bridgehead atoms. The lowest BCUT2D eigenvalue weighted by Gasteiger charge is -2.15. The Morgan fingerprint density at radius 2 is 2.04 bits per heavy atom. The second-order valence-corrected chi connectivity index (χ2v) is 5.44. The maximum Gasteiger partial charge on any atom is 0.342 e. The van der Waals surface area contributed by atoms with E-state index in [2.05, 4.69) is 10.3 Å². The number of nitrogens with one attached hydrogen (secondary N) is 1. The fraction of sp³-hybridized carbons (Fsp3) is 0.235. The molecule has 1 aromatic heterocycles. The van der Waals surface area contributed by atoms with Crippen molar-refractivity contribution in [1.82, 2.24) is 4.98 Å². The maximum atomic E-state index is 12.3. The summed E-state index contributed by atoms with van der Waals surface area (Å²) in [5.41, 5.74) is 1.48. The number of ether oxygens (including phenoxy) is 2. The smallest absolute Gasteiger partial charge is 0.342 e. The van der Waals surface area contributed by atoms with Crippen LogP contribution in [0.15, 0.2) is 36.5 Å². The Morgan fingerprint density at radius 1 is 1.29 bits per heavy atom. The largest absolute Gasteiger partial charge is 0.496 e. The van der Waals surface area contributed by atoms with Crippen LogP contribution in [-0.2, 0) is 9.53 Å². The van der Waals surface area contributed by atoms with Gasteiger partial charge in [0.25, 0.3) is 5.91 Å². The molecule has 0 aliphatic heterocycles. The molecule has 24 heavy (non-hydrogen) atoms. The summed E-state index contributed by atoms with van der Waals surface area (Å²) in [6, 6.07) is 8.37. The number of benzene rings is 1. The Kier molecular flexibility index (Phi) is 5.76. The van der Waals surface area contributed by atoms with E-state index in [1.165, 1.54) is 20.2 Å². The third kappa shape index (κ3) is 4.23. The van der Waals surface area contributed by atoms with Crippen molar-refractivity contribution in [3.05, 3.63) is 52.8 Å². The summed E-state index contributed by atoms with van der Waals surface area (Å²) in [4.78, 5) is 28.3. The van der Waals surface area contributed by atoms with Gasteiger partial charge in [-0.15, -0.1) is 0 Å². The lowest BCUT2D eigenvalue weighted by atomic mass is 10.1. The molecule has 6 nitrogen and oxygen atoms in total. The molecule has 1 amide bonds. The van der Waals surface area contributed by atoms with Crippen molar-refractivity contribution >= 4 is 29.2 Å². The minimum absolute atomic E-state index is 0.157. The molecule has 2 aromatic rings. The Hall–Kier alpha value is -2.60. The van der Waals surface area contributed by atoms with Crippen LogP contribution in [0, 0.1) is 6.92 Å². The Morgan fingerprint density at radius 3 is 2.71 bits per heavy atom. The fourth-order valence-corrected chi connectivity index (χ4v) is 2.14. The Labute approximate surface area is 144 Å². The van der Waals surface area contributed by atoms with Gasteiger partial charge in [-0.25, -0.2) is 9.78 Å². The van der Waals surface area contributed by atoms with Gasteiger partial charge in [0, 0.05) is 6.20 Å². The molecule has 0 spiro atoms. The summed E-state index contributed by atoms with van der Waals surface area (Å²) < 4.78 is 10.4. The number of pyridine rings is 1. The van der Waals surface area contributed by atoms with Gasteiger partial charge >= 0.3 is 5.97 Å². The molecular weight excluding hydrogens is 332 g/mol. The van der Waals surface area contributed by atoms with E-state index in [0.717, 1.165) is 5.56 Å². The highest BCUT2D eigenvalue weighted by molar-refractivity contribution is 6.32. The lowest BCUT2D eigenvalue weighted by molar-refractivity contribution is -0.123. The summed E-state index contributed by atoms with van der Waals surface area (Å²) in [5, 5.41) is 2.72. The molecule has 0 fully saturated rings. The molecular formula is C17H17ClN2O4. The molecule has 1 N–H and O–H groups in total. The molecule has 0 radical (unpaired) electrons. The van der Waals surface area contributed by atoms with Gasteiger partial charge in [-0.05, 0) is 38.1 Å². The van der Waals surface area contributed by atoms with Crippen LogP contribution in [0.1, 0.15) is 22.8 Å². The molecule has 2 rings (SSSR count). The average molecular weight is 349 g/mol. The van der Waals surface area contributed by atoms with Crippen LogP contribution in [0.25, 0.3) is 0 Å². The predicted molar refractivity (Wildman–Crippen MR) is 90.5 cm³/mol. The van der Waals surface area contributed by atoms with E-state index in [1.54, 1.807) is 24.3 Å². The van der Waals surface area contributed by atoms with Crippen LogP contribution in [0.3, 0.4) is 0 Å². The number of aromatic nitrogens is 1. The number of carbonyl (C=O) groups is 2. The van der Waals surface area contributed by atoms with Gasteiger partial charge in [-0.2, -0.15) is 0 Å². The van der Waals surface area contributed by atoms with Gasteiger partial charge in [0.2, 0.25) is 0 Å². The standard InChI is InChI=1S/C17H17ClN2O4/c1-10-6-7-14(23-3)12(9-10)17(22)24-11(2)16(21)20-13-5-4-8-19-15(13)18/h4-9,11H,1-3H3,(H,20,21)/t11-/m1/s1. The van der Waals surface area contributed by atoms with Crippen molar-refractivity contribution in [3.63, 3.8) is 0 Å². The molecule has 1 aromatic carbocycles. The van der Waals surface area contributed by atoms with Crippen LogP contribution in [0.2, 0.25) is 5.15 Å². The first kappa shape index (κ1) is 17.7. The van der Waals surface area contributed by atoms with Gasteiger partial charge in [-0.1, -0.05) is 23.2 Å². The van der Waals surface area contributed by atoms with Crippen molar-refractivity contribution in [2.45, 2.75) is 20.0 Å². The first-order valence-electron chi connectivity index (χ1n) is 7.19. The zero-order valence-electron chi connectivity index (χ0n) is 13.5. The van der Waals surface area contributed by atoms with Gasteiger partial charge in [0.05, 0.1) is 12.8 Å². The van der Waals surface area contributed by atoms with E-state index < -0.39 is 18.0 Å². The van der Waals surface area contributed by atoms with Crippen LogP contribution >= 0.6 is 11.6 Å². The minimum atomic E-state index is -1.01. The van der Waals surface area contributed by atoms with Crippen molar-refractivity contribution in [2.75, 3.05) is 12.4 Å². The van der Waals surface area contributed by atoms with Crippen molar-refractivity contribution in [2.24, 2.45) is 0 Å². The van der Waals surface area contributed by atoms with E-state index in [1.807, 2.05) is 13.0 Å². The van der Waals surface area contributed by atoms with E-state index in [0.29, 0.717) is 11.4 Å². The second-order valence-electron chi connectivity index (χ2n) is 5.08. The number of hydrogen-bond donors (Lipinski definition) is 1. The number of nitrogens with zero attached hydrogens (tertiary/aromatic N) is 1. The molecule has 0 saturated carbocycles. The Bertz CT molecular complexity index is 764. The van der Waals surface area contributed by atoms with E-state index >= 15 is 0 Å².